The van der Waals surface area contributed by atoms with E-state index < -0.39 is 5.97 Å². The van der Waals surface area contributed by atoms with Crippen LogP contribution in [0.4, 0.5) is 5.69 Å². The van der Waals surface area contributed by atoms with E-state index in [1.165, 1.54) is 12.1 Å². The van der Waals surface area contributed by atoms with E-state index >= 15 is 0 Å². The Balaban J connectivity index is 2.05. The van der Waals surface area contributed by atoms with Crippen molar-refractivity contribution in [1.29, 1.82) is 0 Å². The smallest absolute Gasteiger partial charge is 0.335 e. The molecule has 0 bridgehead atoms. The van der Waals surface area contributed by atoms with E-state index in [4.69, 9.17) is 10.8 Å². The molecule has 6 heteroatoms. The first kappa shape index (κ1) is 15.1. The molecule has 0 aliphatic carbocycles. The molecule has 0 aliphatic rings. The average Bonchev–Trinajstić information content (AvgIpc) is 2.48. The molecule has 0 saturated carbocycles. The molecule has 1 amide bonds. The minimum atomic E-state index is -0.996. The van der Waals surface area contributed by atoms with Crippen LogP contribution in [0.2, 0.25) is 0 Å². The minimum absolute atomic E-state index is 0.189. The van der Waals surface area contributed by atoms with Gasteiger partial charge in [-0.2, -0.15) is 0 Å². The number of nitrogens with one attached hydrogen (secondary N) is 1. The van der Waals surface area contributed by atoms with E-state index in [0.717, 1.165) is 4.47 Å². The van der Waals surface area contributed by atoms with Gasteiger partial charge in [-0.05, 0) is 51.8 Å². The zero-order chi connectivity index (χ0) is 15.4. The highest BCUT2D eigenvalue weighted by Gasteiger charge is 2.08. The normalized spacial score (nSPS) is 10.1. The molecule has 4 N–H and O–H groups in total. The van der Waals surface area contributed by atoms with Crippen LogP contribution in [0.5, 0.6) is 0 Å². The predicted molar refractivity (Wildman–Crippen MR) is 83.1 cm³/mol. The summed E-state index contributed by atoms with van der Waals surface area (Å²) in [5, 5.41) is 11.6. The minimum Gasteiger partial charge on any atom is -0.478 e. The number of hydrogen-bond donors (Lipinski definition) is 3. The lowest BCUT2D eigenvalue weighted by atomic mass is 10.1. The van der Waals surface area contributed by atoms with Gasteiger partial charge < -0.3 is 16.2 Å². The maximum atomic E-state index is 12.0. The second-order valence-corrected chi connectivity index (χ2v) is 5.28. The number of hydrogen-bond acceptors (Lipinski definition) is 3. The summed E-state index contributed by atoms with van der Waals surface area (Å²) in [6.07, 6.45) is 0. The third-order valence-electron chi connectivity index (χ3n) is 2.89. The monoisotopic (exact) mass is 348 g/mol. The Labute approximate surface area is 129 Å². The number of aromatic carboxylic acids is 1. The number of nitrogen functional groups attached to an aromatic ring is 1. The molecule has 5 nitrogen and oxygen atoms in total. The highest BCUT2D eigenvalue weighted by molar-refractivity contribution is 9.10. The van der Waals surface area contributed by atoms with Gasteiger partial charge in [-0.25, -0.2) is 4.79 Å². The molecule has 21 heavy (non-hydrogen) atoms. The van der Waals surface area contributed by atoms with Gasteiger partial charge in [0.05, 0.1) is 5.56 Å². The van der Waals surface area contributed by atoms with Crippen molar-refractivity contribution in [3.8, 4) is 0 Å². The van der Waals surface area contributed by atoms with Gasteiger partial charge in [0.25, 0.3) is 5.91 Å². The van der Waals surface area contributed by atoms with Crippen LogP contribution in [0.3, 0.4) is 0 Å². The number of carboxylic acid groups (broad SMARTS) is 1. The van der Waals surface area contributed by atoms with Gasteiger partial charge in [0.15, 0.2) is 0 Å². The van der Waals surface area contributed by atoms with Crippen LogP contribution < -0.4 is 11.1 Å². The third kappa shape index (κ3) is 3.82. The topological polar surface area (TPSA) is 92.4 Å². The summed E-state index contributed by atoms with van der Waals surface area (Å²) < 4.78 is 0.730. The second kappa shape index (κ2) is 6.41. The Morgan fingerprint density at radius 3 is 2.57 bits per heavy atom. The summed E-state index contributed by atoms with van der Waals surface area (Å²) in [6.45, 7) is 0.246. The third-order valence-corrected chi connectivity index (χ3v) is 3.61. The van der Waals surface area contributed by atoms with Gasteiger partial charge in [0.1, 0.15) is 0 Å². The molecule has 0 atom stereocenters. The summed E-state index contributed by atoms with van der Waals surface area (Å²) in [7, 11) is 0. The SMILES string of the molecule is Nc1cc(C(=O)NCc2cccc(C(=O)O)c2)ccc1Br. The summed E-state index contributed by atoms with van der Waals surface area (Å²) in [5.74, 6) is -1.27. The largest absolute Gasteiger partial charge is 0.478 e. The summed E-state index contributed by atoms with van der Waals surface area (Å²) >= 11 is 3.26. The van der Waals surface area contributed by atoms with Crippen molar-refractivity contribution < 1.29 is 14.7 Å². The Hall–Kier alpha value is -2.34. The van der Waals surface area contributed by atoms with Gasteiger partial charge in [0, 0.05) is 22.3 Å². The first-order valence-corrected chi connectivity index (χ1v) is 6.92. The van der Waals surface area contributed by atoms with Crippen molar-refractivity contribution in [3.63, 3.8) is 0 Å². The van der Waals surface area contributed by atoms with Crippen LogP contribution in [-0.2, 0) is 6.54 Å². The standard InChI is InChI=1S/C15H13BrN2O3/c16-12-5-4-10(7-13(12)17)14(19)18-8-9-2-1-3-11(6-9)15(20)21/h1-7H,8,17H2,(H,18,19)(H,20,21). The maximum Gasteiger partial charge on any atom is 0.335 e. The number of carboxylic acids is 1. The lowest BCUT2D eigenvalue weighted by Gasteiger charge is -2.07. The molecule has 0 aromatic heterocycles. The van der Waals surface area contributed by atoms with Crippen LogP contribution in [0.15, 0.2) is 46.9 Å². The van der Waals surface area contributed by atoms with Crippen LogP contribution in [-0.4, -0.2) is 17.0 Å². The second-order valence-electron chi connectivity index (χ2n) is 4.42. The van der Waals surface area contributed by atoms with Crippen molar-refractivity contribution in [2.75, 3.05) is 5.73 Å². The Morgan fingerprint density at radius 2 is 1.90 bits per heavy atom. The number of carbonyl (C=O) groups excluding carboxylic acids is 1. The molecule has 0 saturated heterocycles. The zero-order valence-electron chi connectivity index (χ0n) is 11.0. The van der Waals surface area contributed by atoms with Crippen molar-refractivity contribution in [2.45, 2.75) is 6.54 Å². The van der Waals surface area contributed by atoms with Crippen molar-refractivity contribution in [3.05, 3.63) is 63.6 Å². The van der Waals surface area contributed by atoms with Gasteiger partial charge in [0.2, 0.25) is 0 Å². The van der Waals surface area contributed by atoms with Gasteiger partial charge in [-0.15, -0.1) is 0 Å². The number of rotatable bonds is 4. The first-order valence-electron chi connectivity index (χ1n) is 6.13. The summed E-state index contributed by atoms with van der Waals surface area (Å²) in [6, 6.07) is 11.4. The highest BCUT2D eigenvalue weighted by atomic mass is 79.9. The van der Waals surface area contributed by atoms with Crippen LogP contribution >= 0.6 is 15.9 Å². The molecule has 0 fully saturated rings. The number of benzene rings is 2. The van der Waals surface area contributed by atoms with Gasteiger partial charge in [-0.3, -0.25) is 4.79 Å². The van der Waals surface area contributed by atoms with E-state index in [1.807, 2.05) is 0 Å². The average molecular weight is 349 g/mol. The number of anilines is 1. The van der Waals surface area contributed by atoms with E-state index in [-0.39, 0.29) is 18.0 Å². The number of nitrogens with two attached hydrogens (primary N) is 1. The van der Waals surface area contributed by atoms with Crippen molar-refractivity contribution >= 4 is 33.5 Å². The van der Waals surface area contributed by atoms with Crippen LogP contribution in [0, 0.1) is 0 Å². The molecule has 0 spiro atoms. The Morgan fingerprint density at radius 1 is 1.14 bits per heavy atom. The predicted octanol–water partition coefficient (Wildman–Crippen LogP) is 2.66. The molecule has 2 aromatic carbocycles. The molecule has 0 unspecified atom stereocenters. The lowest BCUT2D eigenvalue weighted by Crippen LogP contribution is -2.23. The lowest BCUT2D eigenvalue weighted by molar-refractivity contribution is 0.0696. The van der Waals surface area contributed by atoms with Gasteiger partial charge in [-0.1, -0.05) is 12.1 Å². The van der Waals surface area contributed by atoms with Crippen molar-refractivity contribution in [2.24, 2.45) is 0 Å². The molecule has 0 radical (unpaired) electrons. The molecule has 2 aromatic rings. The number of carbonyl (C=O) groups is 2. The van der Waals surface area contributed by atoms with E-state index in [2.05, 4.69) is 21.2 Å². The van der Waals surface area contributed by atoms with Crippen LogP contribution in [0.25, 0.3) is 0 Å². The summed E-state index contributed by atoms with van der Waals surface area (Å²) in [5.41, 5.74) is 7.56. The number of amides is 1. The molecule has 2 rings (SSSR count). The van der Waals surface area contributed by atoms with Crippen molar-refractivity contribution in [1.82, 2.24) is 5.32 Å². The van der Waals surface area contributed by atoms with Crippen LogP contribution in [0.1, 0.15) is 26.3 Å². The fourth-order valence-corrected chi connectivity index (χ4v) is 2.03. The maximum absolute atomic E-state index is 12.0. The van der Waals surface area contributed by atoms with E-state index in [1.54, 1.807) is 30.3 Å². The fourth-order valence-electron chi connectivity index (χ4n) is 1.78. The first-order chi connectivity index (χ1) is 9.97. The Bertz CT molecular complexity index is 701. The molecular formula is C15H13BrN2O3. The number of halogens is 1. The molecule has 108 valence electrons. The van der Waals surface area contributed by atoms with Gasteiger partial charge >= 0.3 is 5.97 Å². The fraction of sp³-hybridized carbons (Fsp3) is 0.0667. The Kier molecular flexibility index (Phi) is 4.59. The molecule has 0 heterocycles. The quantitative estimate of drug-likeness (QED) is 0.740. The zero-order valence-corrected chi connectivity index (χ0v) is 12.6. The van der Waals surface area contributed by atoms with E-state index in [0.29, 0.717) is 16.8 Å². The molecule has 0 aliphatic heterocycles. The van der Waals surface area contributed by atoms with E-state index in [9.17, 15) is 9.59 Å². The highest BCUT2D eigenvalue weighted by Crippen LogP contribution is 2.20. The molecular weight excluding hydrogens is 336 g/mol. The summed E-state index contributed by atoms with van der Waals surface area (Å²) in [4.78, 5) is 22.9.